The molecular formula is C15H15ClN4O3S. The zero-order valence-corrected chi connectivity index (χ0v) is 14.3. The van der Waals surface area contributed by atoms with E-state index in [4.69, 9.17) is 11.6 Å². The molecule has 2 aromatic rings. The van der Waals surface area contributed by atoms with Crippen molar-refractivity contribution in [3.63, 3.8) is 0 Å². The van der Waals surface area contributed by atoms with Crippen LogP contribution in [0.15, 0.2) is 58.8 Å². The second-order valence-electron chi connectivity index (χ2n) is 4.79. The number of benzene rings is 1. The molecule has 0 saturated carbocycles. The van der Waals surface area contributed by atoms with Crippen LogP contribution in [0.4, 0.5) is 0 Å². The van der Waals surface area contributed by atoms with Crippen molar-refractivity contribution in [1.82, 2.24) is 14.7 Å². The summed E-state index contributed by atoms with van der Waals surface area (Å²) < 4.78 is 25.6. The number of likely N-dealkylation sites (N-methyl/N-ethyl adjacent to an activating group) is 1. The van der Waals surface area contributed by atoms with E-state index in [1.165, 1.54) is 37.5 Å². The molecule has 1 heterocycles. The molecule has 1 amide bonds. The summed E-state index contributed by atoms with van der Waals surface area (Å²) in [6, 6.07) is 9.20. The van der Waals surface area contributed by atoms with Crippen LogP contribution >= 0.6 is 11.6 Å². The maximum absolute atomic E-state index is 12.3. The first-order valence-corrected chi connectivity index (χ1v) is 8.65. The molecule has 0 spiro atoms. The first kappa shape index (κ1) is 18.1. The summed E-state index contributed by atoms with van der Waals surface area (Å²) in [5, 5.41) is 4.19. The fourth-order valence-corrected chi connectivity index (χ4v) is 2.99. The van der Waals surface area contributed by atoms with Crippen LogP contribution in [0.5, 0.6) is 0 Å². The highest BCUT2D eigenvalue weighted by molar-refractivity contribution is 7.89. The second kappa shape index (κ2) is 8.00. The van der Waals surface area contributed by atoms with Crippen LogP contribution < -0.4 is 5.43 Å². The summed E-state index contributed by atoms with van der Waals surface area (Å²) in [4.78, 5) is 15.8. The molecule has 7 nitrogen and oxygen atoms in total. The Morgan fingerprint density at radius 1 is 1.33 bits per heavy atom. The number of halogens is 1. The van der Waals surface area contributed by atoms with Gasteiger partial charge in [0.1, 0.15) is 0 Å². The van der Waals surface area contributed by atoms with E-state index in [1.807, 2.05) is 0 Å². The van der Waals surface area contributed by atoms with Gasteiger partial charge in [-0.25, -0.2) is 13.8 Å². The average Bonchev–Trinajstić information content (AvgIpc) is 2.56. The van der Waals surface area contributed by atoms with Gasteiger partial charge in [0.05, 0.1) is 17.7 Å². The normalized spacial score (nSPS) is 11.8. The third-order valence-electron chi connectivity index (χ3n) is 2.98. The Hall–Kier alpha value is -2.29. The summed E-state index contributed by atoms with van der Waals surface area (Å²) in [5.41, 5.74) is 2.98. The number of carbonyl (C=O) groups excluding carboxylic acids is 1. The van der Waals surface area contributed by atoms with Crippen molar-refractivity contribution in [3.8, 4) is 0 Å². The predicted octanol–water partition coefficient (Wildman–Crippen LogP) is 1.51. The SMILES string of the molecule is CN(CC(=O)N/N=C\c1cccnc1)S(=O)(=O)c1ccc(Cl)cc1. The van der Waals surface area contributed by atoms with Gasteiger partial charge in [-0.1, -0.05) is 17.7 Å². The molecule has 0 fully saturated rings. The van der Waals surface area contributed by atoms with Crippen molar-refractivity contribution in [2.75, 3.05) is 13.6 Å². The molecule has 2 rings (SSSR count). The van der Waals surface area contributed by atoms with E-state index in [-0.39, 0.29) is 11.4 Å². The molecule has 0 atom stereocenters. The number of carbonyl (C=O) groups is 1. The summed E-state index contributed by atoms with van der Waals surface area (Å²) in [6.07, 6.45) is 4.61. The number of nitrogens with one attached hydrogen (secondary N) is 1. The van der Waals surface area contributed by atoms with E-state index in [9.17, 15) is 13.2 Å². The number of hydrogen-bond donors (Lipinski definition) is 1. The number of hydrazone groups is 1. The molecule has 1 aromatic heterocycles. The molecule has 24 heavy (non-hydrogen) atoms. The monoisotopic (exact) mass is 366 g/mol. The highest BCUT2D eigenvalue weighted by Gasteiger charge is 2.22. The van der Waals surface area contributed by atoms with Crippen LogP contribution in [0.25, 0.3) is 0 Å². The molecule has 0 aliphatic carbocycles. The van der Waals surface area contributed by atoms with Crippen LogP contribution in [0.2, 0.25) is 5.02 Å². The lowest BCUT2D eigenvalue weighted by Gasteiger charge is -2.16. The van der Waals surface area contributed by atoms with Crippen molar-refractivity contribution in [2.45, 2.75) is 4.90 Å². The minimum atomic E-state index is -3.78. The van der Waals surface area contributed by atoms with E-state index < -0.39 is 15.9 Å². The van der Waals surface area contributed by atoms with E-state index in [1.54, 1.807) is 24.5 Å². The van der Waals surface area contributed by atoms with Crippen molar-refractivity contribution in [3.05, 3.63) is 59.4 Å². The molecular weight excluding hydrogens is 352 g/mol. The molecule has 0 bridgehead atoms. The maximum atomic E-state index is 12.3. The zero-order valence-electron chi connectivity index (χ0n) is 12.8. The molecule has 0 saturated heterocycles. The number of hydrogen-bond acceptors (Lipinski definition) is 5. The number of rotatable bonds is 6. The minimum absolute atomic E-state index is 0.0565. The van der Waals surface area contributed by atoms with Gasteiger partial charge in [0.2, 0.25) is 10.0 Å². The fraction of sp³-hybridized carbons (Fsp3) is 0.133. The number of pyridine rings is 1. The molecule has 0 unspecified atom stereocenters. The molecule has 0 aliphatic heterocycles. The predicted molar refractivity (Wildman–Crippen MR) is 91.2 cm³/mol. The summed E-state index contributed by atoms with van der Waals surface area (Å²) >= 11 is 5.74. The Morgan fingerprint density at radius 2 is 2.04 bits per heavy atom. The van der Waals surface area contributed by atoms with E-state index in [0.717, 1.165) is 4.31 Å². The lowest BCUT2D eigenvalue weighted by molar-refractivity contribution is -0.121. The molecule has 1 N–H and O–H groups in total. The van der Waals surface area contributed by atoms with E-state index >= 15 is 0 Å². The number of aromatic nitrogens is 1. The van der Waals surface area contributed by atoms with Gasteiger partial charge in [-0.2, -0.15) is 9.41 Å². The Bertz CT molecular complexity index is 824. The lowest BCUT2D eigenvalue weighted by Crippen LogP contribution is -2.36. The van der Waals surface area contributed by atoms with Crippen LogP contribution in [-0.4, -0.2) is 43.4 Å². The van der Waals surface area contributed by atoms with Crippen LogP contribution in [0, 0.1) is 0 Å². The van der Waals surface area contributed by atoms with E-state index in [2.05, 4.69) is 15.5 Å². The first-order valence-electron chi connectivity index (χ1n) is 6.83. The summed E-state index contributed by atoms with van der Waals surface area (Å²) in [7, 11) is -2.46. The summed E-state index contributed by atoms with van der Waals surface area (Å²) in [6.45, 7) is -0.366. The van der Waals surface area contributed by atoms with Gasteiger partial charge < -0.3 is 0 Å². The van der Waals surface area contributed by atoms with E-state index in [0.29, 0.717) is 10.6 Å². The smallest absolute Gasteiger partial charge is 0.255 e. The summed E-state index contributed by atoms with van der Waals surface area (Å²) in [5.74, 6) is -0.560. The zero-order chi connectivity index (χ0) is 17.6. The number of nitrogens with zero attached hydrogens (tertiary/aromatic N) is 3. The molecule has 1 aromatic carbocycles. The molecule has 0 radical (unpaired) electrons. The van der Waals surface area contributed by atoms with Gasteiger partial charge in [0, 0.05) is 30.0 Å². The molecule has 9 heteroatoms. The third kappa shape index (κ3) is 4.85. The van der Waals surface area contributed by atoms with Crippen LogP contribution in [0.3, 0.4) is 0 Å². The lowest BCUT2D eigenvalue weighted by atomic mass is 10.3. The molecule has 0 aliphatic rings. The number of amides is 1. The third-order valence-corrected chi connectivity index (χ3v) is 5.04. The Morgan fingerprint density at radius 3 is 2.67 bits per heavy atom. The minimum Gasteiger partial charge on any atom is -0.272 e. The van der Waals surface area contributed by atoms with Crippen molar-refractivity contribution >= 4 is 33.7 Å². The highest BCUT2D eigenvalue weighted by atomic mass is 35.5. The van der Waals surface area contributed by atoms with Gasteiger partial charge in [-0.3, -0.25) is 9.78 Å². The Balaban J connectivity index is 1.95. The van der Waals surface area contributed by atoms with Gasteiger partial charge >= 0.3 is 0 Å². The second-order valence-corrected chi connectivity index (χ2v) is 7.28. The number of sulfonamides is 1. The maximum Gasteiger partial charge on any atom is 0.255 e. The van der Waals surface area contributed by atoms with Gasteiger partial charge in [0.15, 0.2) is 0 Å². The van der Waals surface area contributed by atoms with Crippen molar-refractivity contribution < 1.29 is 13.2 Å². The fourth-order valence-electron chi connectivity index (χ4n) is 1.74. The van der Waals surface area contributed by atoms with Crippen molar-refractivity contribution in [2.24, 2.45) is 5.10 Å². The quantitative estimate of drug-likeness (QED) is 0.619. The standard InChI is InChI=1S/C15H15ClN4O3S/c1-20(24(22,23)14-6-4-13(16)5-7-14)11-15(21)19-18-10-12-3-2-8-17-9-12/h2-10H,11H2,1H3,(H,19,21)/b18-10-. The largest absolute Gasteiger partial charge is 0.272 e. The van der Waals surface area contributed by atoms with Gasteiger partial charge in [-0.05, 0) is 30.3 Å². The van der Waals surface area contributed by atoms with Gasteiger partial charge in [0.25, 0.3) is 5.91 Å². The van der Waals surface area contributed by atoms with Crippen LogP contribution in [-0.2, 0) is 14.8 Å². The molecule has 126 valence electrons. The highest BCUT2D eigenvalue weighted by Crippen LogP contribution is 2.17. The van der Waals surface area contributed by atoms with Crippen molar-refractivity contribution in [1.29, 1.82) is 0 Å². The Labute approximate surface area is 145 Å². The Kier molecular flexibility index (Phi) is 6.02. The average molecular weight is 367 g/mol. The first-order chi connectivity index (χ1) is 11.4. The topological polar surface area (TPSA) is 91.7 Å². The van der Waals surface area contributed by atoms with Gasteiger partial charge in [-0.15, -0.1) is 0 Å². The van der Waals surface area contributed by atoms with Crippen LogP contribution in [0.1, 0.15) is 5.56 Å².